The Labute approximate surface area is 86.9 Å². The van der Waals surface area contributed by atoms with Gasteiger partial charge < -0.3 is 9.63 Å². The summed E-state index contributed by atoms with van der Waals surface area (Å²) in [5.74, 6) is 0.0612. The smallest absolute Gasteiger partial charge is 0.311 e. The van der Waals surface area contributed by atoms with Crippen LogP contribution in [0.1, 0.15) is 12.5 Å². The first kappa shape index (κ1) is 9.47. The third-order valence-electron chi connectivity index (χ3n) is 1.98. The summed E-state index contributed by atoms with van der Waals surface area (Å²) in [6, 6.07) is 7.05. The number of phenols is 1. The highest BCUT2D eigenvalue weighted by atomic mass is 31.0. The first-order valence-electron chi connectivity index (χ1n) is 4.71. The maximum atomic E-state index is 11.1. The lowest BCUT2D eigenvalue weighted by Crippen LogP contribution is -2.12. The number of carbonyl (C=O) groups is 1. The molecule has 0 bridgehead atoms. The van der Waals surface area contributed by atoms with E-state index in [0.717, 1.165) is 5.56 Å². The van der Waals surface area contributed by atoms with Gasteiger partial charge in [0.25, 0.3) is 1.43 Å². The minimum Gasteiger partial charge on any atom is -0.508 e. The largest absolute Gasteiger partial charge is 0.508 e. The fraction of sp³-hybridized carbons (Fsp3) is 0.300. The Morgan fingerprint density at radius 3 is 2.79 bits per heavy atom. The Morgan fingerprint density at radius 1 is 1.64 bits per heavy atom. The standard InChI is InChI=1S/C10H13O3P/c1-7(10(12)13-14)6-8-2-4-9(11)5-3-8/h2-5,7,11H,6,14H2,1H3/t7-/m0/s1/i/hT. The summed E-state index contributed by atoms with van der Waals surface area (Å²) < 4.78 is 11.2. The molecule has 0 saturated carbocycles. The van der Waals surface area contributed by atoms with Crippen LogP contribution in [0.25, 0.3) is 0 Å². The van der Waals surface area contributed by atoms with Crippen LogP contribution in [0.3, 0.4) is 0 Å². The fourth-order valence-electron chi connectivity index (χ4n) is 1.18. The molecule has 0 saturated heterocycles. The highest BCUT2D eigenvalue weighted by Gasteiger charge is 2.13. The molecule has 0 fully saturated rings. The van der Waals surface area contributed by atoms with Gasteiger partial charge in [-0.1, -0.05) is 19.1 Å². The lowest BCUT2D eigenvalue weighted by molar-refractivity contribution is -0.137. The second-order valence-electron chi connectivity index (χ2n) is 3.19. The minimum absolute atomic E-state index is 0.176. The summed E-state index contributed by atoms with van der Waals surface area (Å²) >= 11 is 0. The van der Waals surface area contributed by atoms with Gasteiger partial charge in [-0.2, -0.15) is 0 Å². The van der Waals surface area contributed by atoms with Gasteiger partial charge in [-0.05, 0) is 24.1 Å². The van der Waals surface area contributed by atoms with Crippen molar-refractivity contribution in [2.75, 3.05) is 0 Å². The number of carbonyl (C=O) groups excluding carboxylic acids is 1. The van der Waals surface area contributed by atoms with Crippen LogP contribution in [0.2, 0.25) is 0 Å². The fourth-order valence-corrected chi connectivity index (χ4v) is 1.41. The number of hydrogen-bond acceptors (Lipinski definition) is 3. The molecular formula is C10H13O3P. The van der Waals surface area contributed by atoms with E-state index in [1.54, 1.807) is 19.1 Å². The van der Waals surface area contributed by atoms with Crippen LogP contribution in [0, 0.1) is 5.92 Å². The van der Waals surface area contributed by atoms with E-state index in [1.807, 2.05) is 21.6 Å². The molecule has 0 aliphatic carbocycles. The van der Waals surface area contributed by atoms with Gasteiger partial charge in [-0.15, -0.1) is 0 Å². The van der Waals surface area contributed by atoms with Crippen LogP contribution in [0.4, 0.5) is 0 Å². The van der Waals surface area contributed by atoms with Gasteiger partial charge in [0.15, 0.2) is 0 Å². The van der Waals surface area contributed by atoms with Crippen molar-refractivity contribution in [3.05, 3.63) is 29.8 Å². The van der Waals surface area contributed by atoms with Crippen molar-refractivity contribution in [3.63, 3.8) is 0 Å². The average molecular weight is 214 g/mol. The van der Waals surface area contributed by atoms with Crippen LogP contribution < -0.4 is 0 Å². The first-order valence-corrected chi connectivity index (χ1v) is 4.77. The average Bonchev–Trinajstić information content (AvgIpc) is 2.29. The summed E-state index contributed by atoms with van der Waals surface area (Å²) in [6.45, 7) is 1.81. The van der Waals surface area contributed by atoms with Crippen molar-refractivity contribution < 1.29 is 14.4 Å². The molecule has 1 N–H and O–H groups in total. The predicted molar refractivity (Wildman–Crippen MR) is 56.8 cm³/mol. The summed E-state index contributed by atoms with van der Waals surface area (Å²) in [7, 11) is 1.95. The molecule has 1 aromatic rings. The normalized spacial score (nSPS) is 12.9. The topological polar surface area (TPSA) is 46.5 Å². The van der Waals surface area contributed by atoms with Crippen molar-refractivity contribution >= 4 is 15.4 Å². The molecule has 2 atom stereocenters. The zero-order valence-electron chi connectivity index (χ0n) is 8.90. The van der Waals surface area contributed by atoms with Gasteiger partial charge >= 0.3 is 5.97 Å². The zero-order valence-corrected chi connectivity index (χ0v) is 9.05. The van der Waals surface area contributed by atoms with Gasteiger partial charge in [0.2, 0.25) is 0 Å². The van der Waals surface area contributed by atoms with Gasteiger partial charge in [0.05, 0.1) is 15.4 Å². The molecule has 0 aliphatic rings. The number of hydrogen-bond donors (Lipinski definition) is 1. The monoisotopic (exact) mass is 214 g/mol. The SMILES string of the molecule is [3H]Oc1ccc(C[C@H](C)C(=O)OP)cc1. The van der Waals surface area contributed by atoms with E-state index >= 15 is 0 Å². The van der Waals surface area contributed by atoms with Gasteiger partial charge in [0.1, 0.15) is 5.75 Å². The van der Waals surface area contributed by atoms with Crippen LogP contribution in [0.15, 0.2) is 24.3 Å². The predicted octanol–water partition coefficient (Wildman–Crippen LogP) is 1.90. The van der Waals surface area contributed by atoms with Gasteiger partial charge in [0, 0.05) is 0 Å². The summed E-state index contributed by atoms with van der Waals surface area (Å²) in [4.78, 5) is 11.1. The van der Waals surface area contributed by atoms with Crippen LogP contribution in [0.5, 0.6) is 5.75 Å². The lowest BCUT2D eigenvalue weighted by Gasteiger charge is -2.08. The Morgan fingerprint density at radius 2 is 2.29 bits per heavy atom. The van der Waals surface area contributed by atoms with Crippen molar-refractivity contribution in [2.24, 2.45) is 5.92 Å². The molecule has 0 amide bonds. The lowest BCUT2D eigenvalue weighted by atomic mass is 10.0. The van der Waals surface area contributed by atoms with Crippen LogP contribution >= 0.6 is 9.47 Å². The molecule has 4 heteroatoms. The van der Waals surface area contributed by atoms with E-state index < -0.39 is 0 Å². The summed E-state index contributed by atoms with van der Waals surface area (Å²) in [5.41, 5.74) is 1.01. The number of benzene rings is 1. The number of phenolic OH excluding ortho intramolecular Hbond substituents is 1. The zero-order chi connectivity index (χ0) is 11.3. The molecule has 14 heavy (non-hydrogen) atoms. The molecule has 0 aromatic heterocycles. The third-order valence-corrected chi connectivity index (χ3v) is 2.22. The van der Waals surface area contributed by atoms with E-state index in [1.165, 1.54) is 0 Å². The Kier molecular flexibility index (Phi) is 3.36. The van der Waals surface area contributed by atoms with Gasteiger partial charge in [-0.25, -0.2) is 0 Å². The number of aromatic hydroxyl groups is 1. The highest BCUT2D eigenvalue weighted by molar-refractivity contribution is 7.10. The summed E-state index contributed by atoms with van der Waals surface area (Å²) in [6.07, 6.45) is 0.617. The maximum absolute atomic E-state index is 11.1. The Balaban J connectivity index is 2.60. The molecule has 0 heterocycles. The van der Waals surface area contributed by atoms with Crippen molar-refractivity contribution in [3.8, 4) is 5.75 Å². The molecular weight excluding hydrogens is 199 g/mol. The molecule has 1 rings (SSSR count). The molecule has 0 aliphatic heterocycles. The molecule has 76 valence electrons. The third kappa shape index (κ3) is 3.00. The van der Waals surface area contributed by atoms with E-state index in [-0.39, 0.29) is 11.9 Å². The van der Waals surface area contributed by atoms with Crippen molar-refractivity contribution in [1.82, 2.24) is 0 Å². The molecule has 0 spiro atoms. The molecule has 1 unspecified atom stereocenters. The van der Waals surface area contributed by atoms with Crippen molar-refractivity contribution in [1.29, 1.82) is 1.43 Å². The first-order chi connectivity index (χ1) is 7.17. The maximum Gasteiger partial charge on any atom is 0.311 e. The number of rotatable bonds is 4. The quantitative estimate of drug-likeness (QED) is 0.778. The van der Waals surface area contributed by atoms with Crippen LogP contribution in [-0.2, 0) is 15.7 Å². The van der Waals surface area contributed by atoms with E-state index in [0.29, 0.717) is 12.2 Å². The molecule has 1 aromatic carbocycles. The Bertz CT molecular complexity index is 326. The van der Waals surface area contributed by atoms with Crippen molar-refractivity contribution in [2.45, 2.75) is 13.3 Å². The van der Waals surface area contributed by atoms with E-state index in [4.69, 9.17) is 1.43 Å². The highest BCUT2D eigenvalue weighted by Crippen LogP contribution is 2.14. The molecule has 0 radical (unpaired) electrons. The van der Waals surface area contributed by atoms with E-state index in [2.05, 4.69) is 9.63 Å². The minimum atomic E-state index is -0.249. The summed E-state index contributed by atoms with van der Waals surface area (Å²) in [5, 5.41) is 4.30. The molecule has 3 nitrogen and oxygen atoms in total. The second-order valence-corrected chi connectivity index (χ2v) is 3.42. The second kappa shape index (κ2) is 4.97. The van der Waals surface area contributed by atoms with Gasteiger partial charge in [-0.3, -0.25) is 4.79 Å². The van der Waals surface area contributed by atoms with Crippen LogP contribution in [-0.4, -0.2) is 12.5 Å². The van der Waals surface area contributed by atoms with E-state index in [9.17, 15) is 4.79 Å². The Hall–Kier alpha value is -1.08.